The number of hydrogen-bond acceptors (Lipinski definition) is 3. The molecule has 7 aromatic carbocycles. The molecule has 0 spiro atoms. The predicted octanol–water partition coefficient (Wildman–Crippen LogP) is 13.2. The van der Waals surface area contributed by atoms with E-state index in [9.17, 15) is 0 Å². The Bertz CT molecular complexity index is 2860. The van der Waals surface area contributed by atoms with E-state index in [1.54, 1.807) is 6.20 Å². The van der Waals surface area contributed by atoms with Gasteiger partial charge in [-0.1, -0.05) is 97.1 Å². The lowest BCUT2D eigenvalue weighted by atomic mass is 9.96. The van der Waals surface area contributed by atoms with Gasteiger partial charge in [-0.3, -0.25) is 4.98 Å². The Hall–Kier alpha value is -6.71. The first-order valence-corrected chi connectivity index (χ1v) is 16.8. The average Bonchev–Trinajstić information content (AvgIpc) is 3.75. The molecule has 0 radical (unpaired) electrons. The zero-order chi connectivity index (χ0) is 33.0. The van der Waals surface area contributed by atoms with Gasteiger partial charge in [-0.15, -0.1) is 0 Å². The number of nitrogens with zero attached hydrogens (tertiary/aromatic N) is 1. The maximum atomic E-state index is 6.31. The third kappa shape index (κ3) is 4.87. The van der Waals surface area contributed by atoms with Gasteiger partial charge in [0, 0.05) is 39.5 Å². The monoisotopic (exact) mass is 639 g/mol. The molecule has 0 amide bonds. The molecule has 0 aliphatic heterocycles. The normalized spacial score (nSPS) is 11.6. The summed E-state index contributed by atoms with van der Waals surface area (Å²) in [7, 11) is 0. The molecule has 10 rings (SSSR count). The number of rotatable bonds is 5. The molecule has 0 atom stereocenters. The summed E-state index contributed by atoms with van der Waals surface area (Å²) in [6, 6.07) is 57.9. The Morgan fingerprint density at radius 1 is 0.280 bits per heavy atom. The molecule has 3 heteroatoms. The van der Waals surface area contributed by atoms with Crippen molar-refractivity contribution in [2.45, 2.75) is 0 Å². The summed E-state index contributed by atoms with van der Waals surface area (Å²) in [6.45, 7) is 0. The molecule has 10 aromatic rings. The van der Waals surface area contributed by atoms with E-state index in [-0.39, 0.29) is 0 Å². The Kier molecular flexibility index (Phi) is 6.49. The summed E-state index contributed by atoms with van der Waals surface area (Å²) in [5.74, 6) is 0. The minimum absolute atomic E-state index is 0.883. The van der Waals surface area contributed by atoms with Crippen molar-refractivity contribution in [3.05, 3.63) is 176 Å². The Morgan fingerprint density at radius 3 is 1.06 bits per heavy atom. The lowest BCUT2D eigenvalue weighted by Crippen LogP contribution is -1.83. The molecule has 0 fully saturated rings. The second-order valence-electron chi connectivity index (χ2n) is 12.8. The molecule has 0 saturated carbocycles. The van der Waals surface area contributed by atoms with Crippen LogP contribution in [0.2, 0.25) is 0 Å². The molecule has 0 unspecified atom stereocenters. The maximum absolute atomic E-state index is 6.31. The Labute approximate surface area is 288 Å². The molecule has 0 saturated heterocycles. The van der Waals surface area contributed by atoms with Crippen LogP contribution in [0, 0.1) is 0 Å². The summed E-state index contributed by atoms with van der Waals surface area (Å²) in [6.07, 6.45) is 3.71. The Morgan fingerprint density at radius 2 is 0.640 bits per heavy atom. The van der Waals surface area contributed by atoms with Crippen LogP contribution in [-0.2, 0) is 0 Å². The summed E-state index contributed by atoms with van der Waals surface area (Å²) >= 11 is 0. The van der Waals surface area contributed by atoms with Crippen molar-refractivity contribution in [1.29, 1.82) is 0 Å². The summed E-state index contributed by atoms with van der Waals surface area (Å²) < 4.78 is 12.6. The highest BCUT2D eigenvalue weighted by Gasteiger charge is 2.13. The topological polar surface area (TPSA) is 39.2 Å². The molecular formula is C47H29NO2. The molecular weight excluding hydrogens is 611 g/mol. The van der Waals surface area contributed by atoms with Crippen molar-refractivity contribution in [2.75, 3.05) is 0 Å². The second-order valence-corrected chi connectivity index (χ2v) is 12.8. The first-order valence-electron chi connectivity index (χ1n) is 16.8. The second kappa shape index (κ2) is 11.5. The van der Waals surface area contributed by atoms with Gasteiger partial charge >= 0.3 is 0 Å². The first-order chi connectivity index (χ1) is 24.7. The van der Waals surface area contributed by atoms with Crippen LogP contribution in [0.1, 0.15) is 0 Å². The van der Waals surface area contributed by atoms with E-state index in [2.05, 4.69) is 157 Å². The molecule has 0 aliphatic carbocycles. The SMILES string of the molecule is c1ccc(-c2ccc3oc4ccc(-c5cccc(-c6ccc7oc8ccc(-c9cccc(-c%10cccnc%10)c9)cc8c7c6)c5)cc4c3c2)cc1. The van der Waals surface area contributed by atoms with Gasteiger partial charge in [0.2, 0.25) is 0 Å². The number of aromatic nitrogens is 1. The van der Waals surface area contributed by atoms with Crippen LogP contribution < -0.4 is 0 Å². The molecule has 0 N–H and O–H groups in total. The van der Waals surface area contributed by atoms with E-state index in [1.165, 1.54) is 11.1 Å². The van der Waals surface area contributed by atoms with Crippen LogP contribution in [-0.4, -0.2) is 4.98 Å². The van der Waals surface area contributed by atoms with Crippen molar-refractivity contribution in [3.8, 4) is 55.6 Å². The number of fused-ring (bicyclic) bond motifs is 6. The Balaban J connectivity index is 1.02. The molecule has 3 aromatic heterocycles. The highest BCUT2D eigenvalue weighted by Crippen LogP contribution is 2.38. The van der Waals surface area contributed by atoms with Crippen LogP contribution in [0.25, 0.3) is 99.5 Å². The van der Waals surface area contributed by atoms with Gasteiger partial charge in [-0.05, 0) is 117 Å². The van der Waals surface area contributed by atoms with E-state index < -0.39 is 0 Å². The number of pyridine rings is 1. The van der Waals surface area contributed by atoms with Crippen LogP contribution in [0.15, 0.2) is 185 Å². The van der Waals surface area contributed by atoms with Gasteiger partial charge in [-0.2, -0.15) is 0 Å². The zero-order valence-corrected chi connectivity index (χ0v) is 27.0. The summed E-state index contributed by atoms with van der Waals surface area (Å²) in [4.78, 5) is 4.30. The summed E-state index contributed by atoms with van der Waals surface area (Å²) in [5.41, 5.74) is 15.1. The van der Waals surface area contributed by atoms with Gasteiger partial charge in [0.15, 0.2) is 0 Å². The van der Waals surface area contributed by atoms with Gasteiger partial charge in [0.25, 0.3) is 0 Å². The third-order valence-electron chi connectivity index (χ3n) is 9.77. The van der Waals surface area contributed by atoms with Gasteiger partial charge in [0.05, 0.1) is 0 Å². The van der Waals surface area contributed by atoms with E-state index in [1.807, 2.05) is 18.3 Å². The number of hydrogen-bond donors (Lipinski definition) is 0. The van der Waals surface area contributed by atoms with Crippen LogP contribution in [0.5, 0.6) is 0 Å². The smallest absolute Gasteiger partial charge is 0.135 e. The third-order valence-corrected chi connectivity index (χ3v) is 9.77. The fourth-order valence-corrected chi connectivity index (χ4v) is 7.19. The molecule has 50 heavy (non-hydrogen) atoms. The number of benzene rings is 7. The van der Waals surface area contributed by atoms with Crippen LogP contribution in [0.4, 0.5) is 0 Å². The summed E-state index contributed by atoms with van der Waals surface area (Å²) in [5, 5.41) is 4.46. The minimum Gasteiger partial charge on any atom is -0.456 e. The maximum Gasteiger partial charge on any atom is 0.135 e. The van der Waals surface area contributed by atoms with Crippen molar-refractivity contribution in [2.24, 2.45) is 0 Å². The van der Waals surface area contributed by atoms with Crippen molar-refractivity contribution < 1.29 is 8.83 Å². The molecule has 0 aliphatic rings. The highest BCUT2D eigenvalue weighted by molar-refractivity contribution is 6.09. The average molecular weight is 640 g/mol. The van der Waals surface area contributed by atoms with Crippen molar-refractivity contribution >= 4 is 43.9 Å². The minimum atomic E-state index is 0.883. The van der Waals surface area contributed by atoms with Crippen LogP contribution >= 0.6 is 0 Å². The van der Waals surface area contributed by atoms with Crippen molar-refractivity contribution in [3.63, 3.8) is 0 Å². The fourth-order valence-electron chi connectivity index (χ4n) is 7.19. The molecule has 3 heterocycles. The van der Waals surface area contributed by atoms with E-state index >= 15 is 0 Å². The van der Waals surface area contributed by atoms with Gasteiger partial charge in [0.1, 0.15) is 22.3 Å². The van der Waals surface area contributed by atoms with E-state index in [0.29, 0.717) is 0 Å². The molecule has 234 valence electrons. The van der Waals surface area contributed by atoms with E-state index in [4.69, 9.17) is 8.83 Å². The van der Waals surface area contributed by atoms with Gasteiger partial charge < -0.3 is 8.83 Å². The standard InChI is InChI=1S/C47H29NO2/c1-2-7-30(8-3-1)35-14-18-44-40(25-35)41-26-36(15-19-45(41)49-44)31-9-4-10-32(23-31)37-16-20-46-42(27-37)43-28-38(17-21-47(43)50-46)33-11-5-12-34(24-33)39-13-6-22-48-29-39/h1-29H. The first kappa shape index (κ1) is 28.3. The predicted molar refractivity (Wildman–Crippen MR) is 206 cm³/mol. The highest BCUT2D eigenvalue weighted by atomic mass is 16.3. The van der Waals surface area contributed by atoms with Crippen LogP contribution in [0.3, 0.4) is 0 Å². The lowest BCUT2D eigenvalue weighted by Gasteiger charge is -2.07. The number of furan rings is 2. The quantitative estimate of drug-likeness (QED) is 0.188. The largest absolute Gasteiger partial charge is 0.456 e. The molecule has 3 nitrogen and oxygen atoms in total. The lowest BCUT2D eigenvalue weighted by molar-refractivity contribution is 0.668. The van der Waals surface area contributed by atoms with Crippen molar-refractivity contribution in [1.82, 2.24) is 4.98 Å². The molecule has 0 bridgehead atoms. The zero-order valence-electron chi connectivity index (χ0n) is 27.0. The van der Waals surface area contributed by atoms with Gasteiger partial charge in [-0.25, -0.2) is 0 Å². The fraction of sp³-hybridized carbons (Fsp3) is 0. The van der Waals surface area contributed by atoms with E-state index in [0.717, 1.165) is 88.4 Å².